The van der Waals surface area contributed by atoms with Crippen molar-refractivity contribution in [1.29, 1.82) is 0 Å². The number of carbonyl (C=O) groups excluding carboxylic acids is 1. The second-order valence-electron chi connectivity index (χ2n) is 3.95. The van der Waals surface area contributed by atoms with Gasteiger partial charge in [0.1, 0.15) is 6.61 Å². The van der Waals surface area contributed by atoms with Crippen molar-refractivity contribution >= 4 is 16.8 Å². The Morgan fingerprint density at radius 1 is 1.33 bits per heavy atom. The molecule has 5 heteroatoms. The molecule has 0 unspecified atom stereocenters. The Kier molecular flexibility index (Phi) is 3.67. The summed E-state index contributed by atoms with van der Waals surface area (Å²) in [6.45, 7) is 3.87. The summed E-state index contributed by atoms with van der Waals surface area (Å²) in [5.74, 6) is 0. The molecule has 0 amide bonds. The molecule has 1 aromatic heterocycles. The topological polar surface area (TPSA) is 44.1 Å². The molecule has 2 rings (SSSR count). The van der Waals surface area contributed by atoms with Crippen LogP contribution in [0.3, 0.4) is 0 Å². The van der Waals surface area contributed by atoms with Crippen molar-refractivity contribution in [3.63, 3.8) is 0 Å². The third-order valence-electron chi connectivity index (χ3n) is 2.64. The predicted octanol–water partition coefficient (Wildman–Crippen LogP) is 2.51. The van der Waals surface area contributed by atoms with Gasteiger partial charge in [-0.25, -0.2) is 0 Å². The van der Waals surface area contributed by atoms with E-state index in [4.69, 9.17) is 16.4 Å². The van der Waals surface area contributed by atoms with Crippen molar-refractivity contribution < 1.29 is 9.63 Å². The molecule has 2 aromatic rings. The zero-order valence-corrected chi connectivity index (χ0v) is 10.9. The maximum absolute atomic E-state index is 11.2. The highest BCUT2D eigenvalue weighted by Gasteiger charge is 2.17. The van der Waals surface area contributed by atoms with Gasteiger partial charge in [-0.1, -0.05) is 30.3 Å². The Morgan fingerprint density at radius 2 is 2.00 bits per heavy atom. The zero-order chi connectivity index (χ0) is 13.1. The highest BCUT2D eigenvalue weighted by atomic mass is 35.5. The molecule has 1 aromatic carbocycles. The summed E-state index contributed by atoms with van der Waals surface area (Å²) >= 11 is 5.50. The van der Waals surface area contributed by atoms with Crippen LogP contribution in [0.4, 0.5) is 0 Å². The molecule has 0 saturated carbocycles. The molecular weight excluding hydrogens is 252 g/mol. The van der Waals surface area contributed by atoms with Gasteiger partial charge in [-0.05, 0) is 31.0 Å². The lowest BCUT2D eigenvalue weighted by atomic mass is 10.2. The van der Waals surface area contributed by atoms with Crippen molar-refractivity contribution in [2.75, 3.05) is 0 Å². The summed E-state index contributed by atoms with van der Waals surface area (Å²) < 4.78 is 0. The fourth-order valence-electron chi connectivity index (χ4n) is 1.74. The summed E-state index contributed by atoms with van der Waals surface area (Å²) in [5, 5.41) is 3.62. The fourth-order valence-corrected chi connectivity index (χ4v) is 2.01. The molecule has 0 N–H and O–H groups in total. The van der Waals surface area contributed by atoms with Gasteiger partial charge in [0.05, 0.1) is 17.0 Å². The quantitative estimate of drug-likeness (QED) is 0.797. The fraction of sp³-hybridized carbons (Fsp3) is 0.231. The molecule has 0 atom stereocenters. The van der Waals surface area contributed by atoms with Gasteiger partial charge in [0.25, 0.3) is 5.24 Å². The number of nitrogens with zero attached hydrogens (tertiary/aromatic N) is 2. The van der Waals surface area contributed by atoms with Crippen LogP contribution in [0.15, 0.2) is 30.3 Å². The molecule has 0 saturated heterocycles. The van der Waals surface area contributed by atoms with E-state index >= 15 is 0 Å². The monoisotopic (exact) mass is 264 g/mol. The van der Waals surface area contributed by atoms with Crippen LogP contribution >= 0.6 is 11.6 Å². The first kappa shape index (κ1) is 12.6. The Labute approximate surface area is 110 Å². The van der Waals surface area contributed by atoms with Gasteiger partial charge in [0, 0.05) is 0 Å². The highest BCUT2D eigenvalue weighted by Crippen LogP contribution is 2.14. The lowest BCUT2D eigenvalue weighted by molar-refractivity contribution is 0.0649. The Hall–Kier alpha value is -1.81. The van der Waals surface area contributed by atoms with Gasteiger partial charge >= 0.3 is 0 Å². The summed E-state index contributed by atoms with van der Waals surface area (Å²) in [6.07, 6.45) is 0. The molecule has 0 radical (unpaired) electrons. The number of hydrogen-bond acceptors (Lipinski definition) is 3. The van der Waals surface area contributed by atoms with Crippen LogP contribution in [0, 0.1) is 13.8 Å². The predicted molar refractivity (Wildman–Crippen MR) is 68.6 cm³/mol. The van der Waals surface area contributed by atoms with E-state index in [0.717, 1.165) is 5.56 Å². The van der Waals surface area contributed by atoms with E-state index in [0.29, 0.717) is 23.6 Å². The van der Waals surface area contributed by atoms with Crippen LogP contribution in [0.2, 0.25) is 0 Å². The van der Waals surface area contributed by atoms with E-state index < -0.39 is 5.24 Å². The Morgan fingerprint density at radius 3 is 2.56 bits per heavy atom. The molecule has 1 heterocycles. The van der Waals surface area contributed by atoms with Crippen LogP contribution in [0.25, 0.3) is 0 Å². The number of benzene rings is 1. The Bertz CT molecular complexity index is 564. The van der Waals surface area contributed by atoms with Gasteiger partial charge in [-0.2, -0.15) is 0 Å². The van der Waals surface area contributed by atoms with E-state index in [9.17, 15) is 4.79 Å². The molecular formula is C13H13ClN2O2. The Balaban J connectivity index is 2.16. The van der Waals surface area contributed by atoms with E-state index in [-0.39, 0.29) is 0 Å². The minimum atomic E-state index is -0.514. The van der Waals surface area contributed by atoms with Gasteiger partial charge in [0.2, 0.25) is 0 Å². The number of carbonyl (C=O) groups is 1. The maximum Gasteiger partial charge on any atom is 0.256 e. The van der Waals surface area contributed by atoms with Crippen molar-refractivity contribution in [3.8, 4) is 0 Å². The van der Waals surface area contributed by atoms with Crippen molar-refractivity contribution in [2.24, 2.45) is 0 Å². The average Bonchev–Trinajstić information content (AvgIpc) is 2.63. The summed E-state index contributed by atoms with van der Waals surface area (Å²) in [5.41, 5.74) is 2.62. The molecule has 18 heavy (non-hydrogen) atoms. The first-order chi connectivity index (χ1) is 8.59. The van der Waals surface area contributed by atoms with Crippen molar-refractivity contribution in [2.45, 2.75) is 20.5 Å². The second kappa shape index (κ2) is 5.23. The molecule has 4 nitrogen and oxygen atoms in total. The van der Waals surface area contributed by atoms with Crippen LogP contribution in [-0.4, -0.2) is 15.2 Å². The van der Waals surface area contributed by atoms with Crippen LogP contribution in [0.5, 0.6) is 0 Å². The van der Waals surface area contributed by atoms with Crippen LogP contribution in [-0.2, 0) is 6.61 Å². The van der Waals surface area contributed by atoms with Gasteiger partial charge < -0.3 is 4.84 Å². The smallest absolute Gasteiger partial charge is 0.256 e. The molecule has 0 aliphatic heterocycles. The highest BCUT2D eigenvalue weighted by molar-refractivity contribution is 6.68. The maximum atomic E-state index is 11.2. The van der Waals surface area contributed by atoms with Crippen LogP contribution < -0.4 is 4.84 Å². The standard InChI is InChI=1S/C13H13ClN2O2/c1-9-12(13(14)17)10(2)16(15-9)18-8-11-6-4-3-5-7-11/h3-7H,8H2,1-2H3. The number of rotatable bonds is 4. The van der Waals surface area contributed by atoms with E-state index in [1.807, 2.05) is 30.3 Å². The molecule has 0 aliphatic carbocycles. The minimum absolute atomic E-state index is 0.388. The van der Waals surface area contributed by atoms with Gasteiger partial charge in [0.15, 0.2) is 0 Å². The number of aromatic nitrogens is 2. The lowest BCUT2D eigenvalue weighted by Gasteiger charge is -2.06. The first-order valence-electron chi connectivity index (χ1n) is 5.53. The second-order valence-corrected chi connectivity index (χ2v) is 4.29. The lowest BCUT2D eigenvalue weighted by Crippen LogP contribution is -2.14. The SMILES string of the molecule is Cc1nn(OCc2ccccc2)c(C)c1C(=O)Cl. The summed E-state index contributed by atoms with van der Waals surface area (Å²) in [7, 11) is 0. The summed E-state index contributed by atoms with van der Waals surface area (Å²) in [4.78, 5) is 18.1. The number of hydrogen-bond donors (Lipinski definition) is 0. The van der Waals surface area contributed by atoms with Gasteiger partial charge in [-0.3, -0.25) is 4.79 Å². The third-order valence-corrected chi connectivity index (χ3v) is 2.83. The molecule has 94 valence electrons. The average molecular weight is 265 g/mol. The molecule has 0 aliphatic rings. The van der Waals surface area contributed by atoms with Crippen LogP contribution in [0.1, 0.15) is 27.3 Å². The normalized spacial score (nSPS) is 10.4. The van der Waals surface area contributed by atoms with E-state index in [1.165, 1.54) is 4.85 Å². The summed E-state index contributed by atoms with van der Waals surface area (Å²) in [6, 6.07) is 9.73. The molecule has 0 bridgehead atoms. The van der Waals surface area contributed by atoms with E-state index in [2.05, 4.69) is 5.10 Å². The first-order valence-corrected chi connectivity index (χ1v) is 5.90. The largest absolute Gasteiger partial charge is 0.392 e. The van der Waals surface area contributed by atoms with E-state index in [1.54, 1.807) is 13.8 Å². The number of halogens is 1. The minimum Gasteiger partial charge on any atom is -0.392 e. The molecule has 0 spiro atoms. The van der Waals surface area contributed by atoms with Gasteiger partial charge in [-0.15, -0.1) is 9.94 Å². The number of aryl methyl sites for hydroxylation is 1. The molecule has 0 fully saturated rings. The third kappa shape index (κ3) is 2.54. The van der Waals surface area contributed by atoms with Crippen molar-refractivity contribution in [3.05, 3.63) is 52.8 Å². The zero-order valence-electron chi connectivity index (χ0n) is 10.2. The van der Waals surface area contributed by atoms with Crippen molar-refractivity contribution in [1.82, 2.24) is 9.94 Å².